The van der Waals surface area contributed by atoms with Gasteiger partial charge < -0.3 is 20.9 Å². The molecule has 1 saturated heterocycles. The molecule has 1 aliphatic rings. The number of likely N-dealkylation sites (N-methyl/N-ethyl adjacent to an activating group) is 1. The van der Waals surface area contributed by atoms with E-state index in [0.717, 1.165) is 31.0 Å². The first-order valence-corrected chi connectivity index (χ1v) is 7.15. The highest BCUT2D eigenvalue weighted by Gasteiger charge is 2.23. The normalized spacial score (nSPS) is 19.9. The van der Waals surface area contributed by atoms with Crippen molar-refractivity contribution in [3.63, 3.8) is 0 Å². The predicted octanol–water partition coefficient (Wildman–Crippen LogP) is 1.16. The molecular weight excluding hydrogens is 252 g/mol. The van der Waals surface area contributed by atoms with Crippen molar-refractivity contribution in [1.29, 1.82) is 0 Å². The Morgan fingerprint density at radius 3 is 2.85 bits per heavy atom. The summed E-state index contributed by atoms with van der Waals surface area (Å²) in [5, 5.41) is 2.82. The fraction of sp³-hybridized carbons (Fsp3) is 0.533. The van der Waals surface area contributed by atoms with Crippen molar-refractivity contribution in [2.75, 3.05) is 43.9 Å². The standard InChI is InChI=1S/C15H24N4O/c1-4-17-15(20)12-5-6-13(16)14(9-12)19-8-7-18(3)10-11(19)2/h5-6,9,11H,4,7-8,10,16H2,1-3H3,(H,17,20). The molecule has 5 heteroatoms. The summed E-state index contributed by atoms with van der Waals surface area (Å²) in [4.78, 5) is 16.5. The second-order valence-corrected chi connectivity index (χ2v) is 5.44. The van der Waals surface area contributed by atoms with Crippen LogP contribution < -0.4 is 16.0 Å². The number of nitrogens with zero attached hydrogens (tertiary/aromatic N) is 2. The number of carbonyl (C=O) groups excluding carboxylic acids is 1. The van der Waals surface area contributed by atoms with Crippen molar-refractivity contribution < 1.29 is 4.79 Å². The first kappa shape index (κ1) is 14.7. The zero-order chi connectivity index (χ0) is 14.7. The van der Waals surface area contributed by atoms with Crippen molar-refractivity contribution >= 4 is 17.3 Å². The number of nitrogens with one attached hydrogen (secondary N) is 1. The third kappa shape index (κ3) is 3.04. The van der Waals surface area contributed by atoms with E-state index in [9.17, 15) is 4.79 Å². The van der Waals surface area contributed by atoms with Gasteiger partial charge in [0.15, 0.2) is 0 Å². The van der Waals surface area contributed by atoms with Crippen LogP contribution in [0.3, 0.4) is 0 Å². The average molecular weight is 276 g/mol. The molecule has 1 amide bonds. The SMILES string of the molecule is CCNC(=O)c1ccc(N)c(N2CCN(C)CC2C)c1. The van der Waals surface area contributed by atoms with Gasteiger partial charge in [-0.05, 0) is 39.1 Å². The molecule has 1 unspecified atom stereocenters. The summed E-state index contributed by atoms with van der Waals surface area (Å²) >= 11 is 0. The Morgan fingerprint density at radius 1 is 1.45 bits per heavy atom. The summed E-state index contributed by atoms with van der Waals surface area (Å²) in [6.07, 6.45) is 0. The van der Waals surface area contributed by atoms with Gasteiger partial charge in [0.1, 0.15) is 0 Å². The van der Waals surface area contributed by atoms with Gasteiger partial charge in [0.2, 0.25) is 0 Å². The van der Waals surface area contributed by atoms with E-state index in [1.165, 1.54) is 0 Å². The van der Waals surface area contributed by atoms with Crippen molar-refractivity contribution in [3.8, 4) is 0 Å². The molecule has 1 aromatic carbocycles. The minimum absolute atomic E-state index is 0.0458. The Hall–Kier alpha value is -1.75. The van der Waals surface area contributed by atoms with E-state index in [4.69, 9.17) is 5.73 Å². The van der Waals surface area contributed by atoms with E-state index in [1.54, 1.807) is 6.07 Å². The molecule has 0 spiro atoms. The van der Waals surface area contributed by atoms with Gasteiger partial charge in [-0.1, -0.05) is 0 Å². The second-order valence-electron chi connectivity index (χ2n) is 5.44. The molecule has 2 rings (SSSR count). The van der Waals surface area contributed by atoms with Gasteiger partial charge in [0.25, 0.3) is 5.91 Å². The molecule has 1 aliphatic heterocycles. The zero-order valence-corrected chi connectivity index (χ0v) is 12.5. The maximum Gasteiger partial charge on any atom is 0.251 e. The van der Waals surface area contributed by atoms with E-state index in [0.29, 0.717) is 18.2 Å². The lowest BCUT2D eigenvalue weighted by molar-refractivity contribution is 0.0956. The van der Waals surface area contributed by atoms with Crippen molar-refractivity contribution in [2.24, 2.45) is 0 Å². The summed E-state index contributed by atoms with van der Waals surface area (Å²) in [7, 11) is 2.13. The maximum atomic E-state index is 11.9. The highest BCUT2D eigenvalue weighted by Crippen LogP contribution is 2.28. The Bertz CT molecular complexity index is 489. The average Bonchev–Trinajstić information content (AvgIpc) is 2.40. The first-order valence-electron chi connectivity index (χ1n) is 7.15. The van der Waals surface area contributed by atoms with Gasteiger partial charge in [-0.2, -0.15) is 0 Å². The lowest BCUT2D eigenvalue weighted by Gasteiger charge is -2.40. The van der Waals surface area contributed by atoms with E-state index in [-0.39, 0.29) is 5.91 Å². The molecule has 1 fully saturated rings. The van der Waals surface area contributed by atoms with Crippen LogP contribution in [-0.2, 0) is 0 Å². The molecule has 1 aromatic rings. The van der Waals surface area contributed by atoms with Crippen LogP contribution >= 0.6 is 0 Å². The van der Waals surface area contributed by atoms with Crippen LogP contribution in [0, 0.1) is 0 Å². The largest absolute Gasteiger partial charge is 0.397 e. The van der Waals surface area contributed by atoms with Crippen LogP contribution in [0.2, 0.25) is 0 Å². The van der Waals surface area contributed by atoms with Crippen LogP contribution in [0.25, 0.3) is 0 Å². The molecule has 0 bridgehead atoms. The summed E-state index contributed by atoms with van der Waals surface area (Å²) in [5.41, 5.74) is 8.47. The summed E-state index contributed by atoms with van der Waals surface area (Å²) in [6, 6.07) is 5.90. The van der Waals surface area contributed by atoms with E-state index in [2.05, 4.69) is 29.1 Å². The number of rotatable bonds is 3. The van der Waals surface area contributed by atoms with Crippen molar-refractivity contribution in [2.45, 2.75) is 19.9 Å². The second kappa shape index (κ2) is 6.13. The van der Waals surface area contributed by atoms with Crippen LogP contribution in [0.1, 0.15) is 24.2 Å². The fourth-order valence-corrected chi connectivity index (χ4v) is 2.69. The molecule has 0 aliphatic carbocycles. The van der Waals surface area contributed by atoms with Crippen LogP contribution in [0.5, 0.6) is 0 Å². The number of amides is 1. The lowest BCUT2D eigenvalue weighted by atomic mass is 10.1. The van der Waals surface area contributed by atoms with Gasteiger partial charge >= 0.3 is 0 Å². The highest BCUT2D eigenvalue weighted by molar-refractivity contribution is 5.96. The van der Waals surface area contributed by atoms with E-state index >= 15 is 0 Å². The number of nitrogen functional groups attached to an aromatic ring is 1. The number of anilines is 2. The summed E-state index contributed by atoms with van der Waals surface area (Å²) in [6.45, 7) is 7.68. The molecular formula is C15H24N4O. The number of carbonyl (C=O) groups is 1. The molecule has 110 valence electrons. The van der Waals surface area contributed by atoms with Crippen molar-refractivity contribution in [1.82, 2.24) is 10.2 Å². The summed E-state index contributed by atoms with van der Waals surface area (Å²) < 4.78 is 0. The third-order valence-electron chi connectivity index (χ3n) is 3.77. The van der Waals surface area contributed by atoms with Crippen molar-refractivity contribution in [3.05, 3.63) is 23.8 Å². The smallest absolute Gasteiger partial charge is 0.251 e. The number of hydrogen-bond acceptors (Lipinski definition) is 4. The number of piperazine rings is 1. The van der Waals surface area contributed by atoms with Gasteiger partial charge in [-0.15, -0.1) is 0 Å². The van der Waals surface area contributed by atoms with Gasteiger partial charge in [-0.3, -0.25) is 4.79 Å². The van der Waals surface area contributed by atoms with E-state index in [1.807, 2.05) is 19.1 Å². The molecule has 0 saturated carbocycles. The Morgan fingerprint density at radius 2 is 2.20 bits per heavy atom. The fourth-order valence-electron chi connectivity index (χ4n) is 2.69. The van der Waals surface area contributed by atoms with Gasteiger partial charge in [-0.25, -0.2) is 0 Å². The minimum atomic E-state index is -0.0458. The number of hydrogen-bond donors (Lipinski definition) is 2. The van der Waals surface area contributed by atoms with Crippen LogP contribution in [0.15, 0.2) is 18.2 Å². The van der Waals surface area contributed by atoms with Gasteiger partial charge in [0, 0.05) is 37.8 Å². The molecule has 3 N–H and O–H groups in total. The quantitative estimate of drug-likeness (QED) is 0.813. The lowest BCUT2D eigenvalue weighted by Crippen LogP contribution is -2.50. The predicted molar refractivity (Wildman–Crippen MR) is 83.2 cm³/mol. The molecule has 0 radical (unpaired) electrons. The van der Waals surface area contributed by atoms with Crippen LogP contribution in [-0.4, -0.2) is 50.1 Å². The molecule has 5 nitrogen and oxygen atoms in total. The molecule has 0 aromatic heterocycles. The molecule has 1 heterocycles. The van der Waals surface area contributed by atoms with Crippen LogP contribution in [0.4, 0.5) is 11.4 Å². The Kier molecular flexibility index (Phi) is 4.49. The van der Waals surface area contributed by atoms with E-state index < -0.39 is 0 Å². The molecule has 20 heavy (non-hydrogen) atoms. The monoisotopic (exact) mass is 276 g/mol. The Balaban J connectivity index is 2.26. The highest BCUT2D eigenvalue weighted by atomic mass is 16.1. The number of nitrogens with two attached hydrogens (primary N) is 1. The Labute approximate surface area is 120 Å². The molecule has 1 atom stereocenters. The number of benzene rings is 1. The summed E-state index contributed by atoms with van der Waals surface area (Å²) in [5.74, 6) is -0.0458. The zero-order valence-electron chi connectivity index (χ0n) is 12.5. The topological polar surface area (TPSA) is 61.6 Å². The first-order chi connectivity index (χ1) is 9.52. The minimum Gasteiger partial charge on any atom is -0.397 e. The maximum absolute atomic E-state index is 11.9. The third-order valence-corrected chi connectivity index (χ3v) is 3.77. The van der Waals surface area contributed by atoms with Gasteiger partial charge in [0.05, 0.1) is 11.4 Å².